The fourth-order valence-electron chi connectivity index (χ4n) is 2.37. The number of hydrogen-bond donors (Lipinski definition) is 1. The van der Waals surface area contributed by atoms with Crippen LogP contribution in [0, 0.1) is 0 Å². The van der Waals surface area contributed by atoms with Crippen LogP contribution in [-0.2, 0) is 0 Å². The highest BCUT2D eigenvalue weighted by Gasteiger charge is 2.15. The topological polar surface area (TPSA) is 81.4 Å². The minimum atomic E-state index is 0.0114. The fraction of sp³-hybridized carbons (Fsp3) is 0.111. The number of benzene rings is 2. The number of ketones is 1. The van der Waals surface area contributed by atoms with Crippen LogP contribution in [0.3, 0.4) is 0 Å². The first-order chi connectivity index (χ1) is 13.2. The van der Waals surface area contributed by atoms with Crippen molar-refractivity contribution < 1.29 is 9.53 Å². The van der Waals surface area contributed by atoms with Gasteiger partial charge in [0.05, 0.1) is 12.9 Å². The SMILES string of the molecule is COc1ccc(C(=O)CSc2nnc3sc(Nc4ccccc4)nn23)cc1. The quantitative estimate of drug-likeness (QED) is 0.374. The van der Waals surface area contributed by atoms with Gasteiger partial charge in [-0.3, -0.25) is 4.79 Å². The third-order valence-electron chi connectivity index (χ3n) is 3.73. The van der Waals surface area contributed by atoms with Crippen molar-refractivity contribution in [1.29, 1.82) is 0 Å². The van der Waals surface area contributed by atoms with Crippen LogP contribution in [0.4, 0.5) is 10.8 Å². The van der Waals surface area contributed by atoms with Crippen LogP contribution in [0.1, 0.15) is 10.4 Å². The molecule has 2 aromatic heterocycles. The first-order valence-corrected chi connectivity index (χ1v) is 9.87. The molecule has 2 aromatic carbocycles. The predicted octanol–water partition coefficient (Wildman–Crippen LogP) is 3.91. The lowest BCUT2D eigenvalue weighted by molar-refractivity contribution is 0.102. The average Bonchev–Trinajstić information content (AvgIpc) is 3.27. The van der Waals surface area contributed by atoms with Crippen molar-refractivity contribution in [1.82, 2.24) is 19.8 Å². The number of nitrogens with zero attached hydrogens (tertiary/aromatic N) is 4. The van der Waals surface area contributed by atoms with Crippen molar-refractivity contribution in [2.45, 2.75) is 5.16 Å². The number of rotatable bonds is 7. The van der Waals surface area contributed by atoms with Crippen LogP contribution < -0.4 is 10.1 Å². The number of para-hydroxylation sites is 1. The molecular weight excluding hydrogens is 382 g/mol. The average molecular weight is 397 g/mol. The Hall–Kier alpha value is -2.91. The van der Waals surface area contributed by atoms with Crippen LogP contribution in [0.15, 0.2) is 59.8 Å². The summed E-state index contributed by atoms with van der Waals surface area (Å²) in [5.41, 5.74) is 1.58. The summed E-state index contributed by atoms with van der Waals surface area (Å²) in [6.07, 6.45) is 0. The zero-order valence-corrected chi connectivity index (χ0v) is 16.0. The molecule has 4 aromatic rings. The minimum Gasteiger partial charge on any atom is -0.497 e. The van der Waals surface area contributed by atoms with Crippen molar-refractivity contribution in [2.75, 3.05) is 18.2 Å². The number of fused-ring (bicyclic) bond motifs is 1. The Kier molecular flexibility index (Phi) is 5.03. The van der Waals surface area contributed by atoms with Gasteiger partial charge in [0, 0.05) is 11.3 Å². The summed E-state index contributed by atoms with van der Waals surface area (Å²) in [4.78, 5) is 13.0. The summed E-state index contributed by atoms with van der Waals surface area (Å²) in [5.74, 6) is 0.989. The Balaban J connectivity index is 1.45. The molecule has 0 saturated carbocycles. The van der Waals surface area contributed by atoms with Crippen LogP contribution in [-0.4, -0.2) is 38.5 Å². The molecule has 0 unspecified atom stereocenters. The number of methoxy groups -OCH3 is 1. The molecule has 0 radical (unpaired) electrons. The van der Waals surface area contributed by atoms with Gasteiger partial charge in [0.2, 0.25) is 15.2 Å². The van der Waals surface area contributed by atoms with Gasteiger partial charge in [0.25, 0.3) is 0 Å². The van der Waals surface area contributed by atoms with Crippen molar-refractivity contribution in [3.63, 3.8) is 0 Å². The predicted molar refractivity (Wildman–Crippen MR) is 106 cm³/mol. The molecule has 0 bridgehead atoms. The highest BCUT2D eigenvalue weighted by atomic mass is 32.2. The second-order valence-corrected chi connectivity index (χ2v) is 7.41. The van der Waals surface area contributed by atoms with E-state index >= 15 is 0 Å². The molecule has 27 heavy (non-hydrogen) atoms. The van der Waals surface area contributed by atoms with E-state index in [-0.39, 0.29) is 11.5 Å². The molecule has 0 aliphatic heterocycles. The fourth-order valence-corrected chi connectivity index (χ4v) is 3.97. The maximum Gasteiger partial charge on any atom is 0.237 e. The van der Waals surface area contributed by atoms with Crippen LogP contribution in [0.5, 0.6) is 5.75 Å². The molecule has 0 aliphatic carbocycles. The first-order valence-electron chi connectivity index (χ1n) is 8.07. The Morgan fingerprint density at radius 2 is 1.93 bits per heavy atom. The van der Waals surface area contributed by atoms with E-state index in [0.717, 1.165) is 16.6 Å². The molecule has 0 atom stereocenters. The Labute approximate surface area is 163 Å². The number of nitrogens with one attached hydrogen (secondary N) is 1. The van der Waals surface area contributed by atoms with Crippen molar-refractivity contribution in [3.8, 4) is 5.75 Å². The number of Topliss-reactive ketones (excluding diaryl/α,β-unsaturated/α-hetero) is 1. The minimum absolute atomic E-state index is 0.0114. The van der Waals surface area contributed by atoms with E-state index in [1.54, 1.807) is 35.9 Å². The van der Waals surface area contributed by atoms with Gasteiger partial charge in [-0.25, -0.2) is 0 Å². The van der Waals surface area contributed by atoms with Gasteiger partial charge >= 0.3 is 0 Å². The van der Waals surface area contributed by atoms with Crippen molar-refractivity contribution in [3.05, 3.63) is 60.2 Å². The van der Waals surface area contributed by atoms with Gasteiger partial charge in [0.1, 0.15) is 5.75 Å². The Morgan fingerprint density at radius 3 is 2.67 bits per heavy atom. The second-order valence-electron chi connectivity index (χ2n) is 5.52. The first kappa shape index (κ1) is 17.5. The van der Waals surface area contributed by atoms with Gasteiger partial charge in [0.15, 0.2) is 5.78 Å². The maximum atomic E-state index is 12.4. The lowest BCUT2D eigenvalue weighted by Crippen LogP contribution is -2.03. The third-order valence-corrected chi connectivity index (χ3v) is 5.47. The lowest BCUT2D eigenvalue weighted by Gasteiger charge is -2.02. The largest absolute Gasteiger partial charge is 0.497 e. The number of thioether (sulfide) groups is 1. The van der Waals surface area contributed by atoms with E-state index in [1.807, 2.05) is 30.3 Å². The summed E-state index contributed by atoms with van der Waals surface area (Å²) < 4.78 is 6.76. The van der Waals surface area contributed by atoms with Crippen LogP contribution in [0.2, 0.25) is 0 Å². The summed E-state index contributed by atoms with van der Waals surface area (Å²) in [5, 5.41) is 17.3. The molecule has 0 fully saturated rings. The van der Waals surface area contributed by atoms with Crippen LogP contribution in [0.25, 0.3) is 4.96 Å². The van der Waals surface area contributed by atoms with Gasteiger partial charge in [-0.2, -0.15) is 4.52 Å². The number of carbonyl (C=O) groups excluding carboxylic acids is 1. The number of aromatic nitrogens is 4. The smallest absolute Gasteiger partial charge is 0.237 e. The molecule has 7 nitrogen and oxygen atoms in total. The molecular formula is C18H15N5O2S2. The number of carbonyl (C=O) groups is 1. The summed E-state index contributed by atoms with van der Waals surface area (Å²) >= 11 is 2.72. The molecule has 0 spiro atoms. The van der Waals surface area contributed by atoms with Gasteiger partial charge in [-0.15, -0.1) is 15.3 Å². The molecule has 136 valence electrons. The monoisotopic (exact) mass is 397 g/mol. The Bertz CT molecular complexity index is 1060. The van der Waals surface area contributed by atoms with E-state index < -0.39 is 0 Å². The van der Waals surface area contributed by atoms with Crippen molar-refractivity contribution >= 4 is 44.7 Å². The molecule has 0 aliphatic rings. The highest BCUT2D eigenvalue weighted by Crippen LogP contribution is 2.26. The highest BCUT2D eigenvalue weighted by molar-refractivity contribution is 7.99. The van der Waals surface area contributed by atoms with E-state index in [4.69, 9.17) is 4.74 Å². The second kappa shape index (κ2) is 7.77. The molecule has 0 saturated heterocycles. The zero-order chi connectivity index (χ0) is 18.6. The van der Waals surface area contributed by atoms with E-state index in [2.05, 4.69) is 20.6 Å². The van der Waals surface area contributed by atoms with Gasteiger partial charge < -0.3 is 10.1 Å². The third kappa shape index (κ3) is 3.93. The van der Waals surface area contributed by atoms with E-state index in [0.29, 0.717) is 15.7 Å². The van der Waals surface area contributed by atoms with E-state index in [1.165, 1.54) is 23.1 Å². The summed E-state index contributed by atoms with van der Waals surface area (Å²) in [6, 6.07) is 16.8. The van der Waals surface area contributed by atoms with Gasteiger partial charge in [-0.05, 0) is 36.4 Å². The summed E-state index contributed by atoms with van der Waals surface area (Å²) in [7, 11) is 1.60. The standard InChI is InChI=1S/C18H15N5O2S2/c1-25-14-9-7-12(8-10-14)15(24)11-26-17-20-21-18-23(17)22-16(27-18)19-13-5-3-2-4-6-13/h2-10H,11H2,1H3,(H,19,22). The van der Waals surface area contributed by atoms with Gasteiger partial charge in [-0.1, -0.05) is 41.3 Å². The van der Waals surface area contributed by atoms with Crippen molar-refractivity contribution in [2.24, 2.45) is 0 Å². The molecule has 1 N–H and O–H groups in total. The van der Waals surface area contributed by atoms with Crippen LogP contribution >= 0.6 is 23.1 Å². The normalized spacial score (nSPS) is 10.9. The number of hydrogen-bond acceptors (Lipinski definition) is 8. The summed E-state index contributed by atoms with van der Waals surface area (Å²) in [6.45, 7) is 0. The Morgan fingerprint density at radius 1 is 1.15 bits per heavy atom. The number of ether oxygens (including phenoxy) is 1. The molecule has 0 amide bonds. The molecule has 4 rings (SSSR count). The molecule has 9 heteroatoms. The molecule has 2 heterocycles. The zero-order valence-electron chi connectivity index (χ0n) is 14.3. The number of anilines is 2. The maximum absolute atomic E-state index is 12.4. The van der Waals surface area contributed by atoms with E-state index in [9.17, 15) is 4.79 Å². The lowest BCUT2D eigenvalue weighted by atomic mass is 10.1.